The van der Waals surface area contributed by atoms with Crippen molar-refractivity contribution < 1.29 is 18.3 Å². The minimum atomic E-state index is -2.84. The lowest BCUT2D eigenvalue weighted by Crippen LogP contribution is -2.33. The summed E-state index contributed by atoms with van der Waals surface area (Å²) in [7, 11) is 0. The van der Waals surface area contributed by atoms with Crippen molar-refractivity contribution in [3.05, 3.63) is 29.8 Å². The van der Waals surface area contributed by atoms with Crippen LogP contribution in [-0.2, 0) is 0 Å². The molecule has 0 N–H and O–H groups in total. The van der Waals surface area contributed by atoms with E-state index in [0.29, 0.717) is 5.56 Å². The molecule has 1 heterocycles. The third-order valence-electron chi connectivity index (χ3n) is 3.47. The highest BCUT2D eigenvalue weighted by molar-refractivity contribution is 5.94. The van der Waals surface area contributed by atoms with Crippen molar-refractivity contribution in [3.63, 3.8) is 0 Å². The zero-order chi connectivity index (χ0) is 14.4. The predicted octanol–water partition coefficient (Wildman–Crippen LogP) is 3.69. The van der Waals surface area contributed by atoms with Gasteiger partial charge in [0, 0.05) is 18.7 Å². The third-order valence-corrected chi connectivity index (χ3v) is 3.47. The van der Waals surface area contributed by atoms with Gasteiger partial charge < -0.3 is 9.64 Å². The normalized spacial score (nSPS) is 16.6. The monoisotopic (exact) mass is 283 g/mol. The van der Waals surface area contributed by atoms with Crippen LogP contribution in [0.3, 0.4) is 0 Å². The Kier molecular flexibility index (Phi) is 5.32. The second-order valence-corrected chi connectivity index (χ2v) is 4.96. The first-order chi connectivity index (χ1) is 9.66. The van der Waals surface area contributed by atoms with Crippen molar-refractivity contribution >= 4 is 5.91 Å². The van der Waals surface area contributed by atoms with Gasteiger partial charge in [0.25, 0.3) is 5.91 Å². The Bertz CT molecular complexity index is 426. The first-order valence-corrected chi connectivity index (χ1v) is 7.01. The predicted molar refractivity (Wildman–Crippen MR) is 72.1 cm³/mol. The van der Waals surface area contributed by atoms with Gasteiger partial charge in [-0.25, -0.2) is 0 Å². The Morgan fingerprint density at radius 3 is 2.10 bits per heavy atom. The Morgan fingerprint density at radius 2 is 1.55 bits per heavy atom. The summed E-state index contributed by atoms with van der Waals surface area (Å²) in [4.78, 5) is 14.2. The number of rotatable bonds is 3. The molecule has 0 aliphatic carbocycles. The highest BCUT2D eigenvalue weighted by Crippen LogP contribution is 2.18. The van der Waals surface area contributed by atoms with E-state index in [1.807, 2.05) is 4.90 Å². The van der Waals surface area contributed by atoms with Gasteiger partial charge in [-0.3, -0.25) is 4.79 Å². The molecule has 0 saturated carbocycles. The summed E-state index contributed by atoms with van der Waals surface area (Å²) in [6.07, 6.45) is 5.61. The van der Waals surface area contributed by atoms with E-state index in [1.165, 1.54) is 18.6 Å². The molecule has 1 aliphatic heterocycles. The lowest BCUT2D eigenvalue weighted by Gasteiger charge is -2.24. The molecule has 0 spiro atoms. The molecular formula is C15H19F2NO2. The summed E-state index contributed by atoms with van der Waals surface area (Å²) >= 11 is 0. The molecule has 1 aliphatic rings. The molecule has 1 amide bonds. The van der Waals surface area contributed by atoms with E-state index in [2.05, 4.69) is 4.74 Å². The summed E-state index contributed by atoms with van der Waals surface area (Å²) in [5.41, 5.74) is 0.521. The molecule has 1 aromatic carbocycles. The zero-order valence-corrected chi connectivity index (χ0v) is 11.4. The van der Waals surface area contributed by atoms with E-state index in [0.717, 1.165) is 38.8 Å². The number of likely N-dealkylation sites (tertiary alicyclic amines) is 1. The van der Waals surface area contributed by atoms with Gasteiger partial charge in [-0.05, 0) is 37.1 Å². The van der Waals surface area contributed by atoms with Gasteiger partial charge in [0.1, 0.15) is 5.75 Å². The van der Waals surface area contributed by atoms with Crippen molar-refractivity contribution in [2.24, 2.45) is 0 Å². The van der Waals surface area contributed by atoms with Crippen LogP contribution in [0.4, 0.5) is 8.78 Å². The SMILES string of the molecule is O=C(c1ccc(OC(F)F)cc1)N1CCCCCCC1. The molecule has 3 nitrogen and oxygen atoms in total. The fourth-order valence-corrected chi connectivity index (χ4v) is 2.41. The summed E-state index contributed by atoms with van der Waals surface area (Å²) < 4.78 is 28.4. The number of amides is 1. The number of nitrogens with zero attached hydrogens (tertiary/aromatic N) is 1. The minimum absolute atomic E-state index is 0.0319. The van der Waals surface area contributed by atoms with E-state index in [-0.39, 0.29) is 11.7 Å². The van der Waals surface area contributed by atoms with Gasteiger partial charge in [-0.2, -0.15) is 8.78 Å². The number of hydrogen-bond acceptors (Lipinski definition) is 2. The quantitative estimate of drug-likeness (QED) is 0.846. The molecule has 20 heavy (non-hydrogen) atoms. The standard InChI is InChI=1S/C15H19F2NO2/c16-15(17)20-13-8-6-12(7-9-13)14(19)18-10-4-2-1-3-5-11-18/h6-9,15H,1-5,10-11H2. The average Bonchev–Trinajstić information content (AvgIpc) is 2.38. The van der Waals surface area contributed by atoms with Crippen molar-refractivity contribution in [2.45, 2.75) is 38.7 Å². The van der Waals surface area contributed by atoms with Crippen LogP contribution in [0.2, 0.25) is 0 Å². The topological polar surface area (TPSA) is 29.5 Å². The average molecular weight is 283 g/mol. The number of carbonyl (C=O) groups is 1. The Morgan fingerprint density at radius 1 is 1.00 bits per heavy atom. The Labute approximate surface area is 117 Å². The highest BCUT2D eigenvalue weighted by atomic mass is 19.3. The van der Waals surface area contributed by atoms with Crippen LogP contribution in [0, 0.1) is 0 Å². The molecule has 0 radical (unpaired) electrons. The zero-order valence-electron chi connectivity index (χ0n) is 11.4. The molecule has 1 aromatic rings. The van der Waals surface area contributed by atoms with Crippen molar-refractivity contribution in [3.8, 4) is 5.75 Å². The molecule has 110 valence electrons. The van der Waals surface area contributed by atoms with Crippen molar-refractivity contribution in [1.82, 2.24) is 4.90 Å². The molecule has 0 unspecified atom stereocenters. The first kappa shape index (κ1) is 14.8. The number of ether oxygens (including phenoxy) is 1. The van der Waals surface area contributed by atoms with Gasteiger partial charge in [0.15, 0.2) is 0 Å². The summed E-state index contributed by atoms with van der Waals surface area (Å²) in [6, 6.07) is 5.89. The minimum Gasteiger partial charge on any atom is -0.435 e. The molecule has 1 saturated heterocycles. The Balaban J connectivity index is 2.00. The fraction of sp³-hybridized carbons (Fsp3) is 0.533. The molecule has 0 aromatic heterocycles. The van der Waals surface area contributed by atoms with E-state index in [9.17, 15) is 13.6 Å². The maximum atomic E-state index is 12.3. The second kappa shape index (κ2) is 7.22. The Hall–Kier alpha value is -1.65. The second-order valence-electron chi connectivity index (χ2n) is 4.96. The van der Waals surface area contributed by atoms with Crippen LogP contribution in [0.5, 0.6) is 5.75 Å². The van der Waals surface area contributed by atoms with Gasteiger partial charge in [-0.15, -0.1) is 0 Å². The van der Waals surface area contributed by atoms with Crippen LogP contribution in [0.1, 0.15) is 42.5 Å². The van der Waals surface area contributed by atoms with E-state index >= 15 is 0 Å². The van der Waals surface area contributed by atoms with Crippen molar-refractivity contribution in [1.29, 1.82) is 0 Å². The highest BCUT2D eigenvalue weighted by Gasteiger charge is 2.16. The van der Waals surface area contributed by atoms with E-state index in [4.69, 9.17) is 0 Å². The lowest BCUT2D eigenvalue weighted by atomic mass is 10.1. The van der Waals surface area contributed by atoms with Crippen LogP contribution in [0.15, 0.2) is 24.3 Å². The van der Waals surface area contributed by atoms with Gasteiger partial charge in [-0.1, -0.05) is 19.3 Å². The van der Waals surface area contributed by atoms with Gasteiger partial charge in [0.2, 0.25) is 0 Å². The van der Waals surface area contributed by atoms with Crippen molar-refractivity contribution in [2.75, 3.05) is 13.1 Å². The van der Waals surface area contributed by atoms with E-state index < -0.39 is 6.61 Å². The molecule has 5 heteroatoms. The third kappa shape index (κ3) is 4.18. The molecule has 0 atom stereocenters. The summed E-state index contributed by atoms with van der Waals surface area (Å²) in [5, 5.41) is 0. The number of carbonyl (C=O) groups excluding carboxylic acids is 1. The molecule has 0 bridgehead atoms. The van der Waals surface area contributed by atoms with Gasteiger partial charge in [0.05, 0.1) is 0 Å². The first-order valence-electron chi connectivity index (χ1n) is 7.01. The van der Waals surface area contributed by atoms with Gasteiger partial charge >= 0.3 is 6.61 Å². The van der Waals surface area contributed by atoms with Crippen LogP contribution < -0.4 is 4.74 Å². The number of halogens is 2. The number of hydrogen-bond donors (Lipinski definition) is 0. The maximum Gasteiger partial charge on any atom is 0.387 e. The smallest absolute Gasteiger partial charge is 0.387 e. The molecule has 1 fully saturated rings. The number of alkyl halides is 2. The molecule has 2 rings (SSSR count). The van der Waals surface area contributed by atoms with Crippen LogP contribution >= 0.6 is 0 Å². The number of benzene rings is 1. The summed E-state index contributed by atoms with van der Waals surface area (Å²) in [6.45, 7) is -1.30. The van der Waals surface area contributed by atoms with Crippen LogP contribution in [0.25, 0.3) is 0 Å². The fourth-order valence-electron chi connectivity index (χ4n) is 2.41. The summed E-state index contributed by atoms with van der Waals surface area (Å²) in [5.74, 6) is 0.0414. The molecular weight excluding hydrogens is 264 g/mol. The lowest BCUT2D eigenvalue weighted by molar-refractivity contribution is -0.0498. The van der Waals surface area contributed by atoms with Crippen LogP contribution in [-0.4, -0.2) is 30.5 Å². The largest absolute Gasteiger partial charge is 0.435 e. The maximum absolute atomic E-state index is 12.3. The van der Waals surface area contributed by atoms with E-state index in [1.54, 1.807) is 12.1 Å².